The van der Waals surface area contributed by atoms with Crippen LogP contribution in [0.4, 0.5) is 4.79 Å². The monoisotopic (exact) mass is 310 g/mol. The number of hydrogen-bond donors (Lipinski definition) is 0. The Bertz CT molecular complexity index is 523. The number of azide groups is 1. The van der Waals surface area contributed by atoms with E-state index in [0.29, 0.717) is 6.42 Å². The third-order valence-corrected chi connectivity index (χ3v) is 4.03. The molecule has 1 saturated heterocycles. The van der Waals surface area contributed by atoms with Crippen molar-refractivity contribution in [3.8, 4) is 0 Å². The summed E-state index contributed by atoms with van der Waals surface area (Å²) in [6.45, 7) is 7.59. The van der Waals surface area contributed by atoms with Crippen molar-refractivity contribution >= 4 is 12.1 Å². The van der Waals surface area contributed by atoms with E-state index < -0.39 is 23.7 Å². The average Bonchev–Trinajstić information content (AvgIpc) is 2.99. The standard InChI is InChI=1S/C14H22N4O4/c1-5-21-11(19)9-6-14(8-16-17-15)7-10(14)18(9)12(20)22-13(2,3)4/h9-10H,5-8H2,1-4H3/t9-,10+,14-/m0/s1. The van der Waals surface area contributed by atoms with Crippen molar-refractivity contribution in [2.75, 3.05) is 13.2 Å². The number of fused-ring (bicyclic) bond motifs is 1. The van der Waals surface area contributed by atoms with Gasteiger partial charge in [0.25, 0.3) is 0 Å². The van der Waals surface area contributed by atoms with E-state index in [1.165, 1.54) is 4.90 Å². The van der Waals surface area contributed by atoms with Crippen LogP contribution in [0.1, 0.15) is 40.5 Å². The summed E-state index contributed by atoms with van der Waals surface area (Å²) in [7, 11) is 0. The van der Waals surface area contributed by atoms with Crippen molar-refractivity contribution in [2.45, 2.75) is 58.2 Å². The first kappa shape index (κ1) is 16.4. The van der Waals surface area contributed by atoms with Gasteiger partial charge in [0, 0.05) is 22.9 Å². The van der Waals surface area contributed by atoms with Gasteiger partial charge >= 0.3 is 12.1 Å². The van der Waals surface area contributed by atoms with E-state index in [-0.39, 0.29) is 24.6 Å². The van der Waals surface area contributed by atoms with Gasteiger partial charge in [-0.15, -0.1) is 0 Å². The number of hydrogen-bond acceptors (Lipinski definition) is 5. The van der Waals surface area contributed by atoms with Gasteiger partial charge < -0.3 is 9.47 Å². The predicted molar refractivity (Wildman–Crippen MR) is 78.0 cm³/mol. The maximum Gasteiger partial charge on any atom is 0.411 e. The second kappa shape index (κ2) is 5.68. The molecular formula is C14H22N4O4. The Kier molecular flexibility index (Phi) is 4.24. The fourth-order valence-electron chi connectivity index (χ4n) is 3.05. The Hall–Kier alpha value is -1.95. The molecule has 0 aromatic rings. The highest BCUT2D eigenvalue weighted by molar-refractivity contribution is 5.83. The normalized spacial score (nSPS) is 29.4. The number of ether oxygens (including phenoxy) is 2. The average molecular weight is 310 g/mol. The quantitative estimate of drug-likeness (QED) is 0.344. The van der Waals surface area contributed by atoms with Crippen LogP contribution in [0, 0.1) is 5.41 Å². The molecule has 1 saturated carbocycles. The largest absolute Gasteiger partial charge is 0.464 e. The maximum absolute atomic E-state index is 12.4. The van der Waals surface area contributed by atoms with Crippen molar-refractivity contribution in [3.63, 3.8) is 0 Å². The fourth-order valence-corrected chi connectivity index (χ4v) is 3.05. The molecule has 0 bridgehead atoms. The van der Waals surface area contributed by atoms with Gasteiger partial charge in [-0.3, -0.25) is 4.90 Å². The van der Waals surface area contributed by atoms with E-state index in [0.717, 1.165) is 6.42 Å². The van der Waals surface area contributed by atoms with Gasteiger partial charge in [-0.2, -0.15) is 0 Å². The zero-order chi connectivity index (χ0) is 16.5. The van der Waals surface area contributed by atoms with E-state index in [4.69, 9.17) is 15.0 Å². The molecular weight excluding hydrogens is 288 g/mol. The number of likely N-dealkylation sites (tertiary alicyclic amines) is 1. The molecule has 8 nitrogen and oxygen atoms in total. The molecule has 3 atom stereocenters. The first-order chi connectivity index (χ1) is 10.2. The molecule has 0 radical (unpaired) electrons. The SMILES string of the molecule is CCOC(=O)[C@@H]1C[C@@]2(CN=[N+]=[N-])C[C@H]2N1C(=O)OC(C)(C)C. The molecule has 2 rings (SSSR count). The smallest absolute Gasteiger partial charge is 0.411 e. The lowest BCUT2D eigenvalue weighted by molar-refractivity contribution is -0.149. The Balaban J connectivity index is 2.18. The lowest BCUT2D eigenvalue weighted by Gasteiger charge is -2.29. The van der Waals surface area contributed by atoms with E-state index >= 15 is 0 Å². The summed E-state index contributed by atoms with van der Waals surface area (Å²) in [4.78, 5) is 28.8. The minimum absolute atomic E-state index is 0.123. The highest BCUT2D eigenvalue weighted by atomic mass is 16.6. The van der Waals surface area contributed by atoms with Crippen LogP contribution in [0.25, 0.3) is 10.4 Å². The summed E-state index contributed by atoms with van der Waals surface area (Å²) in [6.07, 6.45) is 0.659. The molecule has 1 aliphatic carbocycles. The molecule has 8 heteroatoms. The molecule has 1 amide bonds. The summed E-state index contributed by atoms with van der Waals surface area (Å²) < 4.78 is 10.5. The second-order valence-electron chi connectivity index (χ2n) is 6.83. The van der Waals surface area contributed by atoms with Gasteiger partial charge in [0.2, 0.25) is 0 Å². The third kappa shape index (κ3) is 3.11. The highest BCUT2D eigenvalue weighted by Crippen LogP contribution is 2.60. The first-order valence-electron chi connectivity index (χ1n) is 7.43. The van der Waals surface area contributed by atoms with Crippen LogP contribution >= 0.6 is 0 Å². The molecule has 2 fully saturated rings. The summed E-state index contributed by atoms with van der Waals surface area (Å²) in [5.74, 6) is -0.430. The molecule has 1 aliphatic heterocycles. The van der Waals surface area contributed by atoms with Gasteiger partial charge in [-0.05, 0) is 46.1 Å². The zero-order valence-corrected chi connectivity index (χ0v) is 13.4. The van der Waals surface area contributed by atoms with Crippen molar-refractivity contribution in [2.24, 2.45) is 10.5 Å². The molecule has 22 heavy (non-hydrogen) atoms. The van der Waals surface area contributed by atoms with E-state index in [1.54, 1.807) is 27.7 Å². The van der Waals surface area contributed by atoms with Gasteiger partial charge in [0.05, 0.1) is 6.61 Å². The Morgan fingerprint density at radius 1 is 1.41 bits per heavy atom. The molecule has 0 spiro atoms. The molecule has 1 heterocycles. The predicted octanol–water partition coefficient (Wildman–Crippen LogP) is 2.63. The molecule has 0 aromatic heterocycles. The highest BCUT2D eigenvalue weighted by Gasteiger charge is 2.67. The minimum Gasteiger partial charge on any atom is -0.464 e. The molecule has 0 unspecified atom stereocenters. The van der Waals surface area contributed by atoms with Gasteiger partial charge in [-0.1, -0.05) is 5.11 Å². The van der Waals surface area contributed by atoms with Crippen LogP contribution in [0.3, 0.4) is 0 Å². The van der Waals surface area contributed by atoms with Crippen molar-refractivity contribution < 1.29 is 19.1 Å². The van der Waals surface area contributed by atoms with Crippen molar-refractivity contribution in [1.29, 1.82) is 0 Å². The number of esters is 1. The van der Waals surface area contributed by atoms with E-state index in [2.05, 4.69) is 10.0 Å². The topological polar surface area (TPSA) is 105 Å². The number of piperidine rings is 1. The van der Waals surface area contributed by atoms with Crippen LogP contribution in [-0.4, -0.2) is 47.8 Å². The van der Waals surface area contributed by atoms with Gasteiger partial charge in [-0.25, -0.2) is 9.59 Å². The fraction of sp³-hybridized carbons (Fsp3) is 0.857. The van der Waals surface area contributed by atoms with Crippen LogP contribution < -0.4 is 0 Å². The zero-order valence-electron chi connectivity index (χ0n) is 13.4. The second-order valence-corrected chi connectivity index (χ2v) is 6.83. The number of carbonyl (C=O) groups is 2. The van der Waals surface area contributed by atoms with Crippen LogP contribution in [0.2, 0.25) is 0 Å². The van der Waals surface area contributed by atoms with Crippen LogP contribution in [0.15, 0.2) is 5.11 Å². The molecule has 122 valence electrons. The minimum atomic E-state index is -0.664. The Morgan fingerprint density at radius 3 is 2.64 bits per heavy atom. The number of carbonyl (C=O) groups excluding carboxylic acids is 2. The van der Waals surface area contributed by atoms with E-state index in [1.807, 2.05) is 0 Å². The van der Waals surface area contributed by atoms with Gasteiger partial charge in [0.1, 0.15) is 11.6 Å². The van der Waals surface area contributed by atoms with Crippen LogP contribution in [-0.2, 0) is 14.3 Å². The Morgan fingerprint density at radius 2 is 2.09 bits per heavy atom. The third-order valence-electron chi connectivity index (χ3n) is 4.03. The van der Waals surface area contributed by atoms with Crippen molar-refractivity contribution in [3.05, 3.63) is 10.4 Å². The number of nitrogens with zero attached hydrogens (tertiary/aromatic N) is 4. The summed E-state index contributed by atoms with van der Waals surface area (Å²) in [5, 5.41) is 3.63. The van der Waals surface area contributed by atoms with Crippen LogP contribution in [0.5, 0.6) is 0 Å². The summed E-state index contributed by atoms with van der Waals surface area (Å²) in [6, 6.07) is -0.787. The molecule has 2 aliphatic rings. The first-order valence-corrected chi connectivity index (χ1v) is 7.43. The number of rotatable bonds is 4. The summed E-state index contributed by atoms with van der Waals surface area (Å²) in [5.41, 5.74) is 7.57. The maximum atomic E-state index is 12.4. The van der Waals surface area contributed by atoms with Crippen molar-refractivity contribution in [1.82, 2.24) is 4.90 Å². The van der Waals surface area contributed by atoms with Gasteiger partial charge in [0.15, 0.2) is 0 Å². The lowest BCUT2D eigenvalue weighted by atomic mass is 10.00. The lowest BCUT2D eigenvalue weighted by Crippen LogP contribution is -2.46. The molecule has 0 N–H and O–H groups in total. The Labute approximate surface area is 129 Å². The number of amides is 1. The molecule has 0 aromatic carbocycles. The van der Waals surface area contributed by atoms with E-state index in [9.17, 15) is 9.59 Å². The summed E-state index contributed by atoms with van der Waals surface area (Å²) >= 11 is 0.